The molecule has 2 heterocycles. The predicted molar refractivity (Wildman–Crippen MR) is 42.1 cm³/mol. The molecule has 3 nitrogen and oxygen atoms in total. The summed E-state index contributed by atoms with van der Waals surface area (Å²) in [5, 5.41) is 11.2. The van der Waals surface area contributed by atoms with Crippen molar-refractivity contribution in [2.24, 2.45) is 0 Å². The van der Waals surface area contributed by atoms with Crippen molar-refractivity contribution in [1.82, 2.24) is 0 Å². The van der Waals surface area contributed by atoms with Gasteiger partial charge in [0.05, 0.1) is 5.56 Å². The maximum absolute atomic E-state index is 11.2. The summed E-state index contributed by atoms with van der Waals surface area (Å²) in [6.07, 6.45) is 5.63. The zero-order chi connectivity index (χ0) is 8.13. The van der Waals surface area contributed by atoms with Crippen LogP contribution in [0.1, 0.15) is 17.4 Å². The highest BCUT2D eigenvalue weighted by atomic mass is 16.6. The Bertz CT molecular complexity index is 373. The number of epoxide rings is 1. The number of fused-ring (bicyclic) bond motifs is 3. The Kier molecular flexibility index (Phi) is 0.966. The maximum atomic E-state index is 11.2. The lowest BCUT2D eigenvalue weighted by Gasteiger charge is -2.06. The molecular weight excluding hydrogens is 154 g/mol. The maximum Gasteiger partial charge on any atom is 0.222 e. The Balaban J connectivity index is 2.26. The molecule has 0 radical (unpaired) electrons. The van der Waals surface area contributed by atoms with E-state index in [1.54, 1.807) is 6.07 Å². The lowest BCUT2D eigenvalue weighted by atomic mass is 10.0. The van der Waals surface area contributed by atoms with Crippen LogP contribution in [0.25, 0.3) is 6.08 Å². The molecule has 0 N–H and O–H groups in total. The van der Waals surface area contributed by atoms with Gasteiger partial charge in [0, 0.05) is 12.1 Å². The SMILES string of the molecule is [O-][n+]1cccc2c1C=C[C@@H]1O[C@@H]21. The van der Waals surface area contributed by atoms with E-state index < -0.39 is 0 Å². The van der Waals surface area contributed by atoms with Crippen molar-refractivity contribution in [3.8, 4) is 0 Å². The summed E-state index contributed by atoms with van der Waals surface area (Å²) in [5.41, 5.74) is 1.73. The van der Waals surface area contributed by atoms with Gasteiger partial charge < -0.3 is 9.94 Å². The number of rotatable bonds is 0. The summed E-state index contributed by atoms with van der Waals surface area (Å²) in [7, 11) is 0. The molecule has 1 aliphatic heterocycles. The summed E-state index contributed by atoms with van der Waals surface area (Å²) >= 11 is 0. The lowest BCUT2D eigenvalue weighted by molar-refractivity contribution is -0.608. The minimum Gasteiger partial charge on any atom is -0.618 e. The van der Waals surface area contributed by atoms with Crippen molar-refractivity contribution in [2.75, 3.05) is 0 Å². The zero-order valence-electron chi connectivity index (χ0n) is 6.31. The highest BCUT2D eigenvalue weighted by Gasteiger charge is 2.43. The van der Waals surface area contributed by atoms with Crippen molar-refractivity contribution in [3.63, 3.8) is 0 Å². The molecule has 2 aliphatic rings. The Morgan fingerprint density at radius 1 is 1.50 bits per heavy atom. The first-order valence-electron chi connectivity index (χ1n) is 3.92. The number of aromatic nitrogens is 1. The molecule has 12 heavy (non-hydrogen) atoms. The third kappa shape index (κ3) is 0.662. The van der Waals surface area contributed by atoms with E-state index in [1.165, 1.54) is 6.20 Å². The molecule has 3 heteroatoms. The fourth-order valence-corrected chi connectivity index (χ4v) is 1.63. The molecule has 60 valence electrons. The largest absolute Gasteiger partial charge is 0.618 e. The average Bonchev–Trinajstić information content (AvgIpc) is 2.83. The van der Waals surface area contributed by atoms with Crippen LogP contribution >= 0.6 is 0 Å². The van der Waals surface area contributed by atoms with Crippen molar-refractivity contribution in [3.05, 3.63) is 40.9 Å². The zero-order valence-corrected chi connectivity index (χ0v) is 6.31. The fourth-order valence-electron chi connectivity index (χ4n) is 1.63. The molecule has 0 amide bonds. The smallest absolute Gasteiger partial charge is 0.222 e. The number of hydrogen-bond donors (Lipinski definition) is 0. The summed E-state index contributed by atoms with van der Waals surface area (Å²) < 4.78 is 6.20. The normalized spacial score (nSPS) is 29.3. The summed E-state index contributed by atoms with van der Waals surface area (Å²) in [6.45, 7) is 0. The number of hydrogen-bond acceptors (Lipinski definition) is 2. The van der Waals surface area contributed by atoms with Crippen LogP contribution in [0.5, 0.6) is 0 Å². The van der Waals surface area contributed by atoms with Gasteiger partial charge in [-0.3, -0.25) is 0 Å². The molecule has 0 aromatic carbocycles. The summed E-state index contributed by atoms with van der Waals surface area (Å²) in [4.78, 5) is 0. The van der Waals surface area contributed by atoms with Crippen molar-refractivity contribution in [2.45, 2.75) is 12.2 Å². The van der Waals surface area contributed by atoms with Gasteiger partial charge in [-0.15, -0.1) is 0 Å². The monoisotopic (exact) mass is 161 g/mol. The van der Waals surface area contributed by atoms with Crippen LogP contribution in [-0.4, -0.2) is 6.10 Å². The summed E-state index contributed by atoms with van der Waals surface area (Å²) in [5.74, 6) is 0. The van der Waals surface area contributed by atoms with Crippen molar-refractivity contribution in [1.29, 1.82) is 0 Å². The third-order valence-corrected chi connectivity index (χ3v) is 2.31. The van der Waals surface area contributed by atoms with Gasteiger partial charge in [0.2, 0.25) is 5.69 Å². The van der Waals surface area contributed by atoms with E-state index >= 15 is 0 Å². The Labute approximate surface area is 69.5 Å². The minimum atomic E-state index is 0.145. The van der Waals surface area contributed by atoms with Crippen LogP contribution in [0.3, 0.4) is 0 Å². The molecule has 0 saturated carbocycles. The van der Waals surface area contributed by atoms with E-state index in [0.29, 0.717) is 0 Å². The van der Waals surface area contributed by atoms with Gasteiger partial charge in [0.25, 0.3) is 0 Å². The van der Waals surface area contributed by atoms with Gasteiger partial charge in [-0.25, -0.2) is 0 Å². The molecule has 0 spiro atoms. The van der Waals surface area contributed by atoms with Crippen LogP contribution in [0.15, 0.2) is 24.4 Å². The molecule has 2 atom stereocenters. The van der Waals surface area contributed by atoms with E-state index in [1.807, 2.05) is 18.2 Å². The predicted octanol–water partition coefficient (Wildman–Crippen LogP) is 0.787. The molecule has 1 saturated heterocycles. The Hall–Kier alpha value is -1.35. The molecule has 1 aromatic heterocycles. The second-order valence-electron chi connectivity index (χ2n) is 3.05. The topological polar surface area (TPSA) is 39.5 Å². The second kappa shape index (κ2) is 1.87. The second-order valence-corrected chi connectivity index (χ2v) is 3.05. The highest BCUT2D eigenvalue weighted by Crippen LogP contribution is 2.43. The van der Waals surface area contributed by atoms with Gasteiger partial charge in [-0.2, -0.15) is 4.73 Å². The summed E-state index contributed by atoms with van der Waals surface area (Å²) in [6, 6.07) is 3.70. The molecule has 1 aromatic rings. The average molecular weight is 161 g/mol. The van der Waals surface area contributed by atoms with E-state index in [0.717, 1.165) is 16.0 Å². The van der Waals surface area contributed by atoms with Crippen molar-refractivity contribution >= 4 is 6.08 Å². The molecule has 0 bridgehead atoms. The van der Waals surface area contributed by atoms with E-state index in [4.69, 9.17) is 4.74 Å². The first kappa shape index (κ1) is 6.20. The van der Waals surface area contributed by atoms with Gasteiger partial charge in [0.15, 0.2) is 6.20 Å². The number of nitrogens with zero attached hydrogens (tertiary/aromatic N) is 1. The van der Waals surface area contributed by atoms with Gasteiger partial charge >= 0.3 is 0 Å². The minimum absolute atomic E-state index is 0.145. The quantitative estimate of drug-likeness (QED) is 0.320. The number of pyridine rings is 1. The molecule has 0 unspecified atom stereocenters. The molecule has 3 rings (SSSR count). The molecular formula is C9H7NO2. The van der Waals surface area contributed by atoms with Gasteiger partial charge in [-0.1, -0.05) is 0 Å². The van der Waals surface area contributed by atoms with E-state index in [2.05, 4.69) is 0 Å². The molecule has 1 aliphatic carbocycles. The first-order valence-corrected chi connectivity index (χ1v) is 3.92. The lowest BCUT2D eigenvalue weighted by Crippen LogP contribution is -2.31. The van der Waals surface area contributed by atoms with E-state index in [9.17, 15) is 5.21 Å². The van der Waals surface area contributed by atoms with Crippen LogP contribution in [0.4, 0.5) is 0 Å². The Morgan fingerprint density at radius 2 is 2.42 bits per heavy atom. The third-order valence-electron chi connectivity index (χ3n) is 2.31. The number of ether oxygens (including phenoxy) is 1. The standard InChI is InChI=1S/C9H7NO2/c11-10-5-1-2-6-7(10)3-4-8-9(6)12-8/h1-5,8-9H/t8-,9-/m0/s1. The van der Waals surface area contributed by atoms with Gasteiger partial charge in [-0.05, 0) is 12.1 Å². The van der Waals surface area contributed by atoms with Crippen LogP contribution in [0, 0.1) is 5.21 Å². The van der Waals surface area contributed by atoms with Gasteiger partial charge in [0.1, 0.15) is 12.2 Å². The van der Waals surface area contributed by atoms with Crippen LogP contribution in [0.2, 0.25) is 0 Å². The van der Waals surface area contributed by atoms with Crippen LogP contribution < -0.4 is 4.73 Å². The Morgan fingerprint density at radius 3 is 3.33 bits per heavy atom. The fraction of sp³-hybridized carbons (Fsp3) is 0.222. The molecule has 1 fully saturated rings. The highest BCUT2D eigenvalue weighted by molar-refractivity contribution is 5.54. The van der Waals surface area contributed by atoms with Crippen molar-refractivity contribution < 1.29 is 9.47 Å². The van der Waals surface area contributed by atoms with Crippen LogP contribution in [-0.2, 0) is 4.74 Å². The first-order chi connectivity index (χ1) is 5.86. The van der Waals surface area contributed by atoms with E-state index in [-0.39, 0.29) is 12.2 Å².